The van der Waals surface area contributed by atoms with Gasteiger partial charge in [0.05, 0.1) is 7.11 Å². The molecule has 0 aliphatic heterocycles. The van der Waals surface area contributed by atoms with Crippen LogP contribution in [0.1, 0.15) is 18.4 Å². The van der Waals surface area contributed by atoms with Crippen molar-refractivity contribution in [2.45, 2.75) is 18.9 Å². The van der Waals surface area contributed by atoms with Crippen molar-refractivity contribution in [3.05, 3.63) is 35.9 Å². The van der Waals surface area contributed by atoms with Gasteiger partial charge < -0.3 is 10.5 Å². The molecule has 3 nitrogen and oxygen atoms in total. The third-order valence-electron chi connectivity index (χ3n) is 2.34. The molecule has 0 saturated carbocycles. The number of carbonyl (C=O) groups is 1. The minimum Gasteiger partial charge on any atom is -0.468 e. The quantitative estimate of drug-likeness (QED) is 0.736. The summed E-state index contributed by atoms with van der Waals surface area (Å²) in [4.78, 5) is 11.2. The molecule has 1 aromatic rings. The minimum absolute atomic E-state index is 0.0244. The molecule has 0 aromatic heterocycles. The number of benzene rings is 1. The number of nitrogens with two attached hydrogens (primary N) is 1. The Morgan fingerprint density at radius 3 is 2.43 bits per heavy atom. The van der Waals surface area contributed by atoms with E-state index >= 15 is 0 Å². The number of hydrogen-bond donors (Lipinski definition) is 1. The molecule has 76 valence electrons. The molecule has 0 aliphatic carbocycles. The molecule has 0 saturated heterocycles. The van der Waals surface area contributed by atoms with Crippen molar-refractivity contribution in [3.63, 3.8) is 0 Å². The van der Waals surface area contributed by atoms with Gasteiger partial charge in [0.15, 0.2) is 0 Å². The summed E-state index contributed by atoms with van der Waals surface area (Å²) < 4.78 is 4.59. The molecule has 14 heavy (non-hydrogen) atoms. The third-order valence-corrected chi connectivity index (χ3v) is 2.34. The van der Waals surface area contributed by atoms with Crippen molar-refractivity contribution in [2.75, 3.05) is 7.11 Å². The Morgan fingerprint density at radius 2 is 1.93 bits per heavy atom. The molecule has 0 spiro atoms. The van der Waals surface area contributed by atoms with E-state index in [0.29, 0.717) is 0 Å². The second-order valence-electron chi connectivity index (χ2n) is 3.25. The van der Waals surface area contributed by atoms with E-state index in [2.05, 4.69) is 4.74 Å². The van der Waals surface area contributed by atoms with Gasteiger partial charge >= 0.3 is 5.97 Å². The Hall–Kier alpha value is -1.35. The van der Waals surface area contributed by atoms with Gasteiger partial charge in [0.1, 0.15) is 6.04 Å². The maximum Gasteiger partial charge on any atom is 0.323 e. The fraction of sp³-hybridized carbons (Fsp3) is 0.364. The van der Waals surface area contributed by atoms with Crippen molar-refractivity contribution in [1.82, 2.24) is 0 Å². The molecule has 3 heteroatoms. The monoisotopic (exact) mass is 193 g/mol. The van der Waals surface area contributed by atoms with E-state index < -0.39 is 6.04 Å². The molecule has 1 rings (SSSR count). The standard InChI is InChI=1S/C11H15NO2/c1-8(10(12)11(13)14-2)9-6-4-3-5-7-9/h3-8,10H,12H2,1-2H3/t8-,10?/m0/s1. The number of hydrogen-bond acceptors (Lipinski definition) is 3. The summed E-state index contributed by atoms with van der Waals surface area (Å²) in [5.74, 6) is -0.398. The van der Waals surface area contributed by atoms with E-state index in [0.717, 1.165) is 5.56 Å². The van der Waals surface area contributed by atoms with Crippen molar-refractivity contribution in [2.24, 2.45) is 5.73 Å². The molecule has 0 bridgehead atoms. The second-order valence-corrected chi connectivity index (χ2v) is 3.25. The molecule has 1 unspecified atom stereocenters. The predicted molar refractivity (Wildman–Crippen MR) is 54.8 cm³/mol. The van der Waals surface area contributed by atoms with Crippen LogP contribution < -0.4 is 5.73 Å². The fourth-order valence-electron chi connectivity index (χ4n) is 1.30. The highest BCUT2D eigenvalue weighted by molar-refractivity contribution is 5.76. The van der Waals surface area contributed by atoms with Crippen LogP contribution in [-0.2, 0) is 9.53 Å². The molecular weight excluding hydrogens is 178 g/mol. The lowest BCUT2D eigenvalue weighted by molar-refractivity contribution is -0.142. The van der Waals surface area contributed by atoms with Crippen LogP contribution in [0, 0.1) is 0 Å². The molecule has 0 fully saturated rings. The van der Waals surface area contributed by atoms with Crippen LogP contribution in [0.3, 0.4) is 0 Å². The number of ether oxygens (including phenoxy) is 1. The average molecular weight is 193 g/mol. The van der Waals surface area contributed by atoms with Crippen LogP contribution in [0.25, 0.3) is 0 Å². The molecule has 2 atom stereocenters. The van der Waals surface area contributed by atoms with Crippen molar-refractivity contribution in [3.8, 4) is 0 Å². The van der Waals surface area contributed by atoms with Crippen LogP contribution in [0.15, 0.2) is 30.3 Å². The summed E-state index contributed by atoms with van der Waals surface area (Å²) in [6.07, 6.45) is 0. The van der Waals surface area contributed by atoms with Gasteiger partial charge in [0.2, 0.25) is 0 Å². The van der Waals surface area contributed by atoms with Crippen molar-refractivity contribution < 1.29 is 9.53 Å². The van der Waals surface area contributed by atoms with E-state index in [1.165, 1.54) is 7.11 Å². The Kier molecular flexibility index (Phi) is 3.65. The van der Waals surface area contributed by atoms with Gasteiger partial charge in [-0.25, -0.2) is 0 Å². The Labute approximate surface area is 83.9 Å². The van der Waals surface area contributed by atoms with Crippen LogP contribution in [-0.4, -0.2) is 19.1 Å². The van der Waals surface area contributed by atoms with Crippen LogP contribution in [0.2, 0.25) is 0 Å². The predicted octanol–water partition coefficient (Wildman–Crippen LogP) is 1.29. The maximum atomic E-state index is 11.2. The number of carbonyl (C=O) groups excluding carboxylic acids is 1. The largest absolute Gasteiger partial charge is 0.468 e. The van der Waals surface area contributed by atoms with Crippen molar-refractivity contribution >= 4 is 5.97 Å². The molecule has 0 amide bonds. The van der Waals surface area contributed by atoms with Gasteiger partial charge in [0, 0.05) is 5.92 Å². The summed E-state index contributed by atoms with van der Waals surface area (Å²) in [7, 11) is 1.35. The minimum atomic E-state index is -0.595. The second kappa shape index (κ2) is 4.77. The van der Waals surface area contributed by atoms with Crippen LogP contribution in [0.5, 0.6) is 0 Å². The summed E-state index contributed by atoms with van der Waals surface area (Å²) in [5.41, 5.74) is 6.78. The highest BCUT2D eigenvalue weighted by Gasteiger charge is 2.22. The highest BCUT2D eigenvalue weighted by Crippen LogP contribution is 2.17. The highest BCUT2D eigenvalue weighted by atomic mass is 16.5. The van der Waals surface area contributed by atoms with E-state index in [9.17, 15) is 4.79 Å². The summed E-state index contributed by atoms with van der Waals surface area (Å²) in [6.45, 7) is 1.91. The van der Waals surface area contributed by atoms with Gasteiger partial charge in [-0.2, -0.15) is 0 Å². The van der Waals surface area contributed by atoms with Gasteiger partial charge in [-0.05, 0) is 5.56 Å². The van der Waals surface area contributed by atoms with Gasteiger partial charge in [-0.1, -0.05) is 37.3 Å². The lowest BCUT2D eigenvalue weighted by atomic mass is 9.94. The first-order valence-corrected chi connectivity index (χ1v) is 4.55. The molecule has 2 N–H and O–H groups in total. The maximum absolute atomic E-state index is 11.2. The molecule has 0 radical (unpaired) electrons. The number of rotatable bonds is 3. The molecular formula is C11H15NO2. The fourth-order valence-corrected chi connectivity index (χ4v) is 1.30. The first kappa shape index (κ1) is 10.7. The summed E-state index contributed by atoms with van der Waals surface area (Å²) in [5, 5.41) is 0. The lowest BCUT2D eigenvalue weighted by Gasteiger charge is -2.17. The normalized spacial score (nSPS) is 14.5. The van der Waals surface area contributed by atoms with Crippen LogP contribution in [0.4, 0.5) is 0 Å². The average Bonchev–Trinajstić information content (AvgIpc) is 2.27. The zero-order valence-corrected chi connectivity index (χ0v) is 8.44. The van der Waals surface area contributed by atoms with E-state index in [-0.39, 0.29) is 11.9 Å². The Morgan fingerprint density at radius 1 is 1.36 bits per heavy atom. The molecule has 1 aromatic carbocycles. The third kappa shape index (κ3) is 2.33. The zero-order chi connectivity index (χ0) is 10.6. The summed E-state index contributed by atoms with van der Waals surface area (Å²) >= 11 is 0. The van der Waals surface area contributed by atoms with Gasteiger partial charge in [-0.3, -0.25) is 4.79 Å². The first-order chi connectivity index (χ1) is 6.66. The molecule has 0 heterocycles. The Balaban J connectivity index is 2.75. The number of esters is 1. The first-order valence-electron chi connectivity index (χ1n) is 4.55. The van der Waals surface area contributed by atoms with Crippen LogP contribution >= 0.6 is 0 Å². The smallest absolute Gasteiger partial charge is 0.323 e. The van der Waals surface area contributed by atoms with E-state index in [4.69, 9.17) is 5.73 Å². The van der Waals surface area contributed by atoms with Gasteiger partial charge in [-0.15, -0.1) is 0 Å². The molecule has 0 aliphatic rings. The van der Waals surface area contributed by atoms with E-state index in [1.54, 1.807) is 0 Å². The zero-order valence-electron chi connectivity index (χ0n) is 8.44. The number of methoxy groups -OCH3 is 1. The van der Waals surface area contributed by atoms with Crippen molar-refractivity contribution in [1.29, 1.82) is 0 Å². The topological polar surface area (TPSA) is 52.3 Å². The SMILES string of the molecule is COC(=O)C(N)[C@@H](C)c1ccccc1. The van der Waals surface area contributed by atoms with E-state index in [1.807, 2.05) is 37.3 Å². The summed E-state index contributed by atoms with van der Waals surface area (Å²) in [6, 6.07) is 9.09. The Bertz CT molecular complexity index is 297. The van der Waals surface area contributed by atoms with Gasteiger partial charge in [0.25, 0.3) is 0 Å². The lowest BCUT2D eigenvalue weighted by Crippen LogP contribution is -2.36.